The van der Waals surface area contributed by atoms with E-state index in [2.05, 4.69) is 9.47 Å². The summed E-state index contributed by atoms with van der Waals surface area (Å²) in [4.78, 5) is 21.3. The molecule has 0 saturated carbocycles. The number of ether oxygens (including phenoxy) is 3. The van der Waals surface area contributed by atoms with Gasteiger partial charge in [-0.15, -0.1) is 0 Å². The fourth-order valence-electron chi connectivity index (χ4n) is 1.21. The van der Waals surface area contributed by atoms with Gasteiger partial charge in [0.15, 0.2) is 6.10 Å². The van der Waals surface area contributed by atoms with Gasteiger partial charge >= 0.3 is 12.1 Å². The SMILES string of the molecule is CC1OC(=O)C2OC(=O)OC12. The van der Waals surface area contributed by atoms with Gasteiger partial charge < -0.3 is 14.2 Å². The molecule has 2 fully saturated rings. The lowest BCUT2D eigenvalue weighted by Gasteiger charge is -2.05. The van der Waals surface area contributed by atoms with Gasteiger partial charge in [0.2, 0.25) is 6.10 Å². The Bertz CT molecular complexity index is 223. The number of cyclic esters (lactones) is 1. The molecule has 0 aliphatic carbocycles. The van der Waals surface area contributed by atoms with Crippen molar-refractivity contribution >= 4 is 12.1 Å². The minimum atomic E-state index is -0.836. The van der Waals surface area contributed by atoms with Crippen molar-refractivity contribution in [1.29, 1.82) is 0 Å². The van der Waals surface area contributed by atoms with Crippen molar-refractivity contribution < 1.29 is 23.8 Å². The van der Waals surface area contributed by atoms with Gasteiger partial charge in [-0.1, -0.05) is 0 Å². The smallest absolute Gasteiger partial charge is 0.456 e. The Morgan fingerprint density at radius 3 is 2.55 bits per heavy atom. The number of hydrogen-bond acceptors (Lipinski definition) is 5. The van der Waals surface area contributed by atoms with Crippen molar-refractivity contribution in [1.82, 2.24) is 0 Å². The van der Waals surface area contributed by atoms with Gasteiger partial charge in [-0.25, -0.2) is 9.59 Å². The third kappa shape index (κ3) is 0.768. The first-order valence-electron chi connectivity index (χ1n) is 3.26. The van der Waals surface area contributed by atoms with Gasteiger partial charge in [-0.05, 0) is 6.92 Å². The Morgan fingerprint density at radius 2 is 1.91 bits per heavy atom. The summed E-state index contributed by atoms with van der Waals surface area (Å²) in [7, 11) is 0. The highest BCUT2D eigenvalue weighted by Crippen LogP contribution is 2.27. The average Bonchev–Trinajstić information content (AvgIpc) is 2.38. The molecular weight excluding hydrogens is 152 g/mol. The van der Waals surface area contributed by atoms with E-state index in [-0.39, 0.29) is 6.10 Å². The monoisotopic (exact) mass is 158 g/mol. The normalized spacial score (nSPS) is 41.0. The van der Waals surface area contributed by atoms with Crippen LogP contribution in [0.4, 0.5) is 4.79 Å². The molecule has 3 atom stereocenters. The summed E-state index contributed by atoms with van der Waals surface area (Å²) in [5.41, 5.74) is 0. The quantitative estimate of drug-likeness (QED) is 0.458. The van der Waals surface area contributed by atoms with Crippen LogP contribution in [-0.4, -0.2) is 30.4 Å². The van der Waals surface area contributed by atoms with Crippen LogP contribution in [0.3, 0.4) is 0 Å². The third-order valence-electron chi connectivity index (χ3n) is 1.75. The number of fused-ring (bicyclic) bond motifs is 1. The number of carbonyl (C=O) groups excluding carboxylic acids is 2. The molecule has 5 nitrogen and oxygen atoms in total. The van der Waals surface area contributed by atoms with Gasteiger partial charge in [0.05, 0.1) is 0 Å². The molecule has 2 aliphatic rings. The van der Waals surface area contributed by atoms with Gasteiger partial charge in [-0.3, -0.25) is 0 Å². The summed E-state index contributed by atoms with van der Waals surface area (Å²) in [6.07, 6.45) is -2.56. The fourth-order valence-corrected chi connectivity index (χ4v) is 1.21. The van der Waals surface area contributed by atoms with Gasteiger partial charge in [0, 0.05) is 0 Å². The van der Waals surface area contributed by atoms with Crippen molar-refractivity contribution in [3.05, 3.63) is 0 Å². The van der Waals surface area contributed by atoms with Crippen LogP contribution < -0.4 is 0 Å². The van der Waals surface area contributed by atoms with Gasteiger partial charge in [-0.2, -0.15) is 0 Å². The zero-order valence-corrected chi connectivity index (χ0v) is 5.77. The average molecular weight is 158 g/mol. The van der Waals surface area contributed by atoms with Crippen LogP contribution in [0.2, 0.25) is 0 Å². The molecule has 0 aromatic heterocycles. The molecule has 2 heterocycles. The van der Waals surface area contributed by atoms with E-state index in [1.54, 1.807) is 6.92 Å². The topological polar surface area (TPSA) is 61.8 Å². The summed E-state index contributed by atoms with van der Waals surface area (Å²) in [5, 5.41) is 0. The molecule has 0 radical (unpaired) electrons. The minimum Gasteiger partial charge on any atom is -0.456 e. The van der Waals surface area contributed by atoms with Crippen molar-refractivity contribution in [3.8, 4) is 0 Å². The Hall–Kier alpha value is -1.26. The summed E-state index contributed by atoms with van der Waals surface area (Å²) in [5.74, 6) is -0.520. The molecular formula is C6H6O5. The van der Waals surface area contributed by atoms with E-state index in [0.29, 0.717) is 0 Å². The predicted octanol–water partition coefficient (Wildman–Crippen LogP) is -0.164. The maximum atomic E-state index is 10.8. The Morgan fingerprint density at radius 1 is 1.18 bits per heavy atom. The summed E-state index contributed by atoms with van der Waals surface area (Å²) in [6, 6.07) is 0. The zero-order chi connectivity index (χ0) is 8.01. The molecule has 0 spiro atoms. The molecule has 0 bridgehead atoms. The number of rotatable bonds is 0. The third-order valence-corrected chi connectivity index (χ3v) is 1.75. The molecule has 0 aromatic carbocycles. The number of hydrogen-bond donors (Lipinski definition) is 0. The highest BCUT2D eigenvalue weighted by molar-refractivity contribution is 5.83. The Balaban J connectivity index is 2.23. The van der Waals surface area contributed by atoms with Crippen LogP contribution in [0.1, 0.15) is 6.92 Å². The molecule has 5 heteroatoms. The second-order valence-corrected chi connectivity index (χ2v) is 2.51. The zero-order valence-electron chi connectivity index (χ0n) is 5.77. The van der Waals surface area contributed by atoms with Crippen molar-refractivity contribution in [3.63, 3.8) is 0 Å². The predicted molar refractivity (Wildman–Crippen MR) is 30.7 cm³/mol. The highest BCUT2D eigenvalue weighted by Gasteiger charge is 2.53. The Labute approximate surface area is 62.2 Å². The standard InChI is InChI=1S/C6H6O5/c1-2-3-4(5(7)9-2)11-6(8)10-3/h2-4H,1H3. The lowest BCUT2D eigenvalue weighted by Crippen LogP contribution is -2.26. The van der Waals surface area contributed by atoms with E-state index >= 15 is 0 Å². The molecule has 0 aromatic rings. The van der Waals surface area contributed by atoms with Crippen molar-refractivity contribution in [2.75, 3.05) is 0 Å². The second-order valence-electron chi connectivity index (χ2n) is 2.51. The Kier molecular flexibility index (Phi) is 1.10. The number of esters is 1. The van der Waals surface area contributed by atoms with Crippen LogP contribution >= 0.6 is 0 Å². The van der Waals surface area contributed by atoms with E-state index in [1.165, 1.54) is 0 Å². The highest BCUT2D eigenvalue weighted by atomic mass is 16.8. The molecule has 0 amide bonds. The lowest BCUT2D eigenvalue weighted by molar-refractivity contribution is -0.147. The van der Waals surface area contributed by atoms with Gasteiger partial charge in [0.25, 0.3) is 0 Å². The number of carbonyl (C=O) groups is 2. The van der Waals surface area contributed by atoms with Crippen molar-refractivity contribution in [2.45, 2.75) is 25.2 Å². The summed E-state index contributed by atoms with van der Waals surface area (Å²) < 4.78 is 13.9. The van der Waals surface area contributed by atoms with Gasteiger partial charge in [0.1, 0.15) is 6.10 Å². The van der Waals surface area contributed by atoms with Crippen molar-refractivity contribution in [2.24, 2.45) is 0 Å². The largest absolute Gasteiger partial charge is 0.509 e. The lowest BCUT2D eigenvalue weighted by atomic mass is 10.2. The second kappa shape index (κ2) is 1.87. The molecule has 0 N–H and O–H groups in total. The van der Waals surface area contributed by atoms with E-state index in [9.17, 15) is 9.59 Å². The first kappa shape index (κ1) is 6.45. The summed E-state index contributed by atoms with van der Waals surface area (Å²) >= 11 is 0. The first-order chi connectivity index (χ1) is 5.18. The van der Waals surface area contributed by atoms with E-state index < -0.39 is 24.3 Å². The molecule has 2 saturated heterocycles. The van der Waals surface area contributed by atoms with Crippen LogP contribution in [0.5, 0.6) is 0 Å². The first-order valence-corrected chi connectivity index (χ1v) is 3.26. The van der Waals surface area contributed by atoms with E-state index in [4.69, 9.17) is 4.74 Å². The minimum absolute atomic E-state index is 0.390. The molecule has 2 aliphatic heterocycles. The molecule has 2 rings (SSSR count). The fraction of sp³-hybridized carbons (Fsp3) is 0.667. The maximum absolute atomic E-state index is 10.8. The molecule has 11 heavy (non-hydrogen) atoms. The van der Waals surface area contributed by atoms with Crippen LogP contribution in [0.15, 0.2) is 0 Å². The molecule has 3 unspecified atom stereocenters. The maximum Gasteiger partial charge on any atom is 0.509 e. The van der Waals surface area contributed by atoms with E-state index in [1.807, 2.05) is 0 Å². The molecule has 60 valence electrons. The van der Waals surface area contributed by atoms with Crippen LogP contribution in [-0.2, 0) is 19.0 Å². The summed E-state index contributed by atoms with van der Waals surface area (Å²) in [6.45, 7) is 1.66. The van der Waals surface area contributed by atoms with Crippen LogP contribution in [0.25, 0.3) is 0 Å². The van der Waals surface area contributed by atoms with E-state index in [0.717, 1.165) is 0 Å². The van der Waals surface area contributed by atoms with Crippen LogP contribution in [0, 0.1) is 0 Å².